The number of amides is 1. The smallest absolute Gasteiger partial charge is 0.237 e. The minimum Gasteiger partial charge on any atom is -0.354 e. The maximum Gasteiger partial charge on any atom is 0.237 e. The van der Waals surface area contributed by atoms with Crippen LogP contribution in [0.2, 0.25) is 0 Å². The second-order valence-electron chi connectivity index (χ2n) is 4.66. The quantitative estimate of drug-likeness (QED) is 0.762. The molecule has 0 spiro atoms. The molecule has 0 aliphatic carbocycles. The first-order valence-corrected chi connectivity index (χ1v) is 6.67. The Balaban J connectivity index is 2.16. The van der Waals surface area contributed by atoms with E-state index in [1.54, 1.807) is 0 Å². The van der Waals surface area contributed by atoms with Gasteiger partial charge in [-0.3, -0.25) is 4.79 Å². The van der Waals surface area contributed by atoms with Gasteiger partial charge in [-0.15, -0.1) is 0 Å². The number of hydrogen-bond acceptors (Lipinski definition) is 3. The molecule has 1 atom stereocenters. The Bertz CT molecular complexity index is 266. The van der Waals surface area contributed by atoms with Gasteiger partial charge in [0.2, 0.25) is 5.91 Å². The summed E-state index contributed by atoms with van der Waals surface area (Å²) in [6.07, 6.45) is 5.40. The van der Waals surface area contributed by atoms with E-state index in [1.807, 2.05) is 6.92 Å². The number of nitriles is 1. The van der Waals surface area contributed by atoms with Crippen LogP contribution in [0.1, 0.15) is 39.0 Å². The van der Waals surface area contributed by atoms with Gasteiger partial charge in [-0.25, -0.2) is 0 Å². The van der Waals surface area contributed by atoms with Crippen LogP contribution in [-0.4, -0.2) is 37.0 Å². The van der Waals surface area contributed by atoms with Crippen molar-refractivity contribution in [2.45, 2.75) is 39.0 Å². The van der Waals surface area contributed by atoms with Crippen molar-refractivity contribution in [1.29, 1.82) is 5.26 Å². The summed E-state index contributed by atoms with van der Waals surface area (Å²) in [6, 6.07) is 2.07. The van der Waals surface area contributed by atoms with Gasteiger partial charge in [0.05, 0.1) is 6.07 Å². The molecular weight excluding hydrogens is 214 g/mol. The fraction of sp³-hybridized carbons (Fsp3) is 0.846. The minimum absolute atomic E-state index is 0.105. The van der Waals surface area contributed by atoms with Crippen LogP contribution in [0, 0.1) is 17.2 Å². The van der Waals surface area contributed by atoms with Crippen LogP contribution in [0.25, 0.3) is 0 Å². The van der Waals surface area contributed by atoms with Crippen molar-refractivity contribution in [3.05, 3.63) is 0 Å². The van der Waals surface area contributed by atoms with Crippen molar-refractivity contribution >= 4 is 5.91 Å². The second kappa shape index (κ2) is 8.08. The molecule has 1 N–H and O–H groups in total. The third kappa shape index (κ3) is 5.18. The van der Waals surface area contributed by atoms with Crippen LogP contribution in [0.3, 0.4) is 0 Å². The molecule has 17 heavy (non-hydrogen) atoms. The van der Waals surface area contributed by atoms with E-state index >= 15 is 0 Å². The Morgan fingerprint density at radius 2 is 2.12 bits per heavy atom. The largest absolute Gasteiger partial charge is 0.354 e. The number of hydrogen-bond donors (Lipinski definition) is 1. The van der Waals surface area contributed by atoms with E-state index in [2.05, 4.69) is 16.3 Å². The van der Waals surface area contributed by atoms with Gasteiger partial charge in [0, 0.05) is 13.1 Å². The topological polar surface area (TPSA) is 56.1 Å². The Labute approximate surface area is 104 Å². The van der Waals surface area contributed by atoms with Gasteiger partial charge in [0.25, 0.3) is 0 Å². The SMILES string of the molecule is CCCC(C#N)C(=O)NCCN1CCCCC1. The van der Waals surface area contributed by atoms with E-state index in [0.29, 0.717) is 13.0 Å². The molecule has 1 heterocycles. The van der Waals surface area contributed by atoms with Crippen LogP contribution >= 0.6 is 0 Å². The first-order chi connectivity index (χ1) is 8.27. The third-order valence-electron chi connectivity index (χ3n) is 3.23. The van der Waals surface area contributed by atoms with Crippen molar-refractivity contribution in [1.82, 2.24) is 10.2 Å². The zero-order chi connectivity index (χ0) is 12.5. The van der Waals surface area contributed by atoms with Gasteiger partial charge in [0.15, 0.2) is 0 Å². The molecular formula is C13H23N3O. The molecule has 0 aromatic heterocycles. The van der Waals surface area contributed by atoms with Crippen molar-refractivity contribution in [2.24, 2.45) is 5.92 Å². The Morgan fingerprint density at radius 3 is 2.71 bits per heavy atom. The van der Waals surface area contributed by atoms with E-state index in [9.17, 15) is 4.79 Å². The first kappa shape index (κ1) is 14.0. The molecule has 1 unspecified atom stereocenters. The molecule has 0 aromatic carbocycles. The highest BCUT2D eigenvalue weighted by atomic mass is 16.1. The lowest BCUT2D eigenvalue weighted by Crippen LogP contribution is -2.39. The lowest BCUT2D eigenvalue weighted by Gasteiger charge is -2.26. The van der Waals surface area contributed by atoms with Gasteiger partial charge >= 0.3 is 0 Å². The molecule has 0 bridgehead atoms. The van der Waals surface area contributed by atoms with Crippen LogP contribution in [0.5, 0.6) is 0 Å². The molecule has 4 heteroatoms. The van der Waals surface area contributed by atoms with Crippen LogP contribution in [-0.2, 0) is 4.79 Å². The lowest BCUT2D eigenvalue weighted by molar-refractivity contribution is -0.123. The number of rotatable bonds is 6. The monoisotopic (exact) mass is 237 g/mol. The molecule has 0 saturated carbocycles. The summed E-state index contributed by atoms with van der Waals surface area (Å²) in [6.45, 7) is 5.86. The highest BCUT2D eigenvalue weighted by molar-refractivity contribution is 5.80. The van der Waals surface area contributed by atoms with Crippen LogP contribution in [0.4, 0.5) is 0 Å². The third-order valence-corrected chi connectivity index (χ3v) is 3.23. The lowest BCUT2D eigenvalue weighted by atomic mass is 10.1. The molecule has 1 amide bonds. The molecule has 0 aromatic rings. The van der Waals surface area contributed by atoms with E-state index in [1.165, 1.54) is 19.3 Å². The predicted octanol–water partition coefficient (Wildman–Crippen LogP) is 1.53. The molecule has 0 radical (unpaired) electrons. The molecule has 1 aliphatic rings. The average Bonchev–Trinajstić information content (AvgIpc) is 2.37. The fourth-order valence-electron chi connectivity index (χ4n) is 2.19. The molecule has 96 valence electrons. The molecule has 1 fully saturated rings. The summed E-state index contributed by atoms with van der Waals surface area (Å²) in [5.74, 6) is -0.576. The van der Waals surface area contributed by atoms with E-state index in [0.717, 1.165) is 26.1 Å². The average molecular weight is 237 g/mol. The Hall–Kier alpha value is -1.08. The molecule has 4 nitrogen and oxygen atoms in total. The van der Waals surface area contributed by atoms with Gasteiger partial charge in [-0.05, 0) is 32.4 Å². The number of nitrogens with zero attached hydrogens (tertiary/aromatic N) is 2. The minimum atomic E-state index is -0.471. The Kier molecular flexibility index (Phi) is 6.64. The number of piperidine rings is 1. The summed E-state index contributed by atoms with van der Waals surface area (Å²) < 4.78 is 0. The normalized spacial score (nSPS) is 18.4. The zero-order valence-corrected chi connectivity index (χ0v) is 10.7. The summed E-state index contributed by atoms with van der Waals surface area (Å²) in [7, 11) is 0. The van der Waals surface area contributed by atoms with Crippen molar-refractivity contribution in [3.8, 4) is 6.07 Å². The Morgan fingerprint density at radius 1 is 1.41 bits per heavy atom. The first-order valence-electron chi connectivity index (χ1n) is 6.67. The zero-order valence-electron chi connectivity index (χ0n) is 10.7. The molecule has 1 saturated heterocycles. The summed E-state index contributed by atoms with van der Waals surface area (Å²) in [5, 5.41) is 11.7. The summed E-state index contributed by atoms with van der Waals surface area (Å²) in [5.41, 5.74) is 0. The van der Waals surface area contributed by atoms with Gasteiger partial charge < -0.3 is 10.2 Å². The maximum absolute atomic E-state index is 11.7. The fourth-order valence-corrected chi connectivity index (χ4v) is 2.19. The number of carbonyl (C=O) groups excluding carboxylic acids is 1. The van der Waals surface area contributed by atoms with Crippen molar-refractivity contribution in [3.63, 3.8) is 0 Å². The number of carbonyl (C=O) groups is 1. The van der Waals surface area contributed by atoms with E-state index in [4.69, 9.17) is 5.26 Å². The van der Waals surface area contributed by atoms with E-state index < -0.39 is 5.92 Å². The highest BCUT2D eigenvalue weighted by Gasteiger charge is 2.16. The summed E-state index contributed by atoms with van der Waals surface area (Å²) >= 11 is 0. The highest BCUT2D eigenvalue weighted by Crippen LogP contribution is 2.08. The van der Waals surface area contributed by atoms with Gasteiger partial charge in [0.1, 0.15) is 5.92 Å². The van der Waals surface area contributed by atoms with Crippen LogP contribution in [0.15, 0.2) is 0 Å². The second-order valence-corrected chi connectivity index (χ2v) is 4.66. The standard InChI is InChI=1S/C13H23N3O/c1-2-6-12(11-14)13(17)15-7-10-16-8-4-3-5-9-16/h12H,2-10H2,1H3,(H,15,17). The summed E-state index contributed by atoms with van der Waals surface area (Å²) in [4.78, 5) is 14.0. The van der Waals surface area contributed by atoms with Crippen molar-refractivity contribution in [2.75, 3.05) is 26.2 Å². The maximum atomic E-state index is 11.7. The molecule has 1 rings (SSSR count). The predicted molar refractivity (Wildman–Crippen MR) is 67.3 cm³/mol. The van der Waals surface area contributed by atoms with Gasteiger partial charge in [-0.1, -0.05) is 19.8 Å². The number of nitrogens with one attached hydrogen (secondary N) is 1. The van der Waals surface area contributed by atoms with Crippen LogP contribution < -0.4 is 5.32 Å². The van der Waals surface area contributed by atoms with E-state index in [-0.39, 0.29) is 5.91 Å². The molecule has 1 aliphatic heterocycles. The number of likely N-dealkylation sites (tertiary alicyclic amines) is 1. The van der Waals surface area contributed by atoms with Crippen molar-refractivity contribution < 1.29 is 4.79 Å². The van der Waals surface area contributed by atoms with Gasteiger partial charge in [-0.2, -0.15) is 5.26 Å².